The van der Waals surface area contributed by atoms with Crippen LogP contribution in [0.2, 0.25) is 0 Å². The number of aromatic nitrogens is 2. The van der Waals surface area contributed by atoms with E-state index >= 15 is 0 Å². The number of rotatable bonds is 3. The molecule has 0 spiro atoms. The monoisotopic (exact) mass is 413 g/mol. The number of halogens is 6. The lowest BCUT2D eigenvalue weighted by atomic mass is 10.1. The first-order valence-electron chi connectivity index (χ1n) is 8.20. The van der Waals surface area contributed by atoms with Crippen LogP contribution in [0.15, 0.2) is 54.6 Å². The van der Waals surface area contributed by atoms with Gasteiger partial charge in [0.2, 0.25) is 0 Å². The van der Waals surface area contributed by atoms with E-state index in [4.69, 9.17) is 0 Å². The average Bonchev–Trinajstić information content (AvgIpc) is 3.06. The van der Waals surface area contributed by atoms with Crippen LogP contribution < -0.4 is 5.32 Å². The van der Waals surface area contributed by atoms with E-state index in [1.807, 2.05) is 0 Å². The number of hydrogen-bond acceptors (Lipinski definition) is 2. The molecule has 152 valence electrons. The van der Waals surface area contributed by atoms with Crippen LogP contribution in [0.1, 0.15) is 27.3 Å². The molecule has 2 aromatic carbocycles. The summed E-state index contributed by atoms with van der Waals surface area (Å²) in [4.78, 5) is 12.6. The van der Waals surface area contributed by atoms with Crippen molar-refractivity contribution in [3.8, 4) is 5.69 Å². The number of alkyl halides is 6. The van der Waals surface area contributed by atoms with Gasteiger partial charge in [0, 0.05) is 5.69 Å². The molecule has 0 aliphatic heterocycles. The Hall–Kier alpha value is -3.30. The van der Waals surface area contributed by atoms with Gasteiger partial charge in [-0.2, -0.15) is 31.4 Å². The molecule has 0 unspecified atom stereocenters. The van der Waals surface area contributed by atoms with Crippen LogP contribution in [-0.2, 0) is 12.4 Å². The molecular formula is C19H13F6N3O. The van der Waals surface area contributed by atoms with Crippen LogP contribution in [0, 0.1) is 6.92 Å². The molecular weight excluding hydrogens is 400 g/mol. The van der Waals surface area contributed by atoms with Crippen molar-refractivity contribution in [3.63, 3.8) is 0 Å². The fourth-order valence-corrected chi connectivity index (χ4v) is 2.75. The lowest BCUT2D eigenvalue weighted by molar-refractivity contribution is -0.144. The van der Waals surface area contributed by atoms with Crippen molar-refractivity contribution in [1.29, 1.82) is 0 Å². The van der Waals surface area contributed by atoms with Gasteiger partial charge in [0.25, 0.3) is 5.91 Å². The second-order valence-corrected chi connectivity index (χ2v) is 6.08. The summed E-state index contributed by atoms with van der Waals surface area (Å²) in [5, 5.41) is 5.24. The van der Waals surface area contributed by atoms with Gasteiger partial charge in [-0.3, -0.25) is 4.79 Å². The highest BCUT2D eigenvalue weighted by molar-refractivity contribution is 6.06. The Bertz CT molecular complexity index is 1040. The molecule has 0 saturated carbocycles. The molecule has 4 nitrogen and oxygen atoms in total. The molecule has 3 aromatic rings. The summed E-state index contributed by atoms with van der Waals surface area (Å²) in [6.45, 7) is 1.55. The molecule has 29 heavy (non-hydrogen) atoms. The zero-order valence-corrected chi connectivity index (χ0v) is 14.8. The van der Waals surface area contributed by atoms with Crippen LogP contribution in [0.4, 0.5) is 32.0 Å². The van der Waals surface area contributed by atoms with Gasteiger partial charge < -0.3 is 5.32 Å². The van der Waals surface area contributed by atoms with Crippen LogP contribution in [0.3, 0.4) is 0 Å². The van der Waals surface area contributed by atoms with Gasteiger partial charge in [0.05, 0.1) is 5.69 Å². The number of anilines is 1. The SMILES string of the molecule is Cc1ccccc1NC(=O)c1c(C(F)(F)F)nn(-c2ccccc2)c1C(F)(F)F. The number of carbonyl (C=O) groups excluding carboxylic acids is 1. The molecule has 0 saturated heterocycles. The molecule has 0 atom stereocenters. The number of carbonyl (C=O) groups is 1. The van der Waals surface area contributed by atoms with Crippen molar-refractivity contribution < 1.29 is 31.1 Å². The van der Waals surface area contributed by atoms with Crippen molar-refractivity contribution in [2.24, 2.45) is 0 Å². The van der Waals surface area contributed by atoms with Crippen LogP contribution in [0.5, 0.6) is 0 Å². The molecule has 1 amide bonds. The highest BCUT2D eigenvalue weighted by Gasteiger charge is 2.49. The molecule has 1 aromatic heterocycles. The van der Waals surface area contributed by atoms with Crippen molar-refractivity contribution in [1.82, 2.24) is 9.78 Å². The Morgan fingerprint density at radius 2 is 1.48 bits per heavy atom. The van der Waals surface area contributed by atoms with E-state index < -0.39 is 35.2 Å². The maximum absolute atomic E-state index is 13.8. The first-order valence-corrected chi connectivity index (χ1v) is 8.20. The Kier molecular flexibility index (Phi) is 5.12. The number of para-hydroxylation sites is 2. The Morgan fingerprint density at radius 3 is 2.03 bits per heavy atom. The smallest absolute Gasteiger partial charge is 0.322 e. The van der Waals surface area contributed by atoms with Crippen LogP contribution in [0.25, 0.3) is 5.69 Å². The fourth-order valence-electron chi connectivity index (χ4n) is 2.75. The third-order valence-corrected chi connectivity index (χ3v) is 4.04. The fraction of sp³-hybridized carbons (Fsp3) is 0.158. The van der Waals surface area contributed by atoms with Crippen molar-refractivity contribution in [2.45, 2.75) is 19.3 Å². The Balaban J connectivity index is 2.25. The third kappa shape index (κ3) is 4.10. The molecule has 0 bridgehead atoms. The summed E-state index contributed by atoms with van der Waals surface area (Å²) in [5.41, 5.74) is -5.01. The van der Waals surface area contributed by atoms with Crippen LogP contribution >= 0.6 is 0 Å². The largest absolute Gasteiger partial charge is 0.436 e. The lowest BCUT2D eigenvalue weighted by Gasteiger charge is -2.14. The second-order valence-electron chi connectivity index (χ2n) is 6.08. The molecule has 0 radical (unpaired) electrons. The molecule has 1 N–H and O–H groups in total. The predicted octanol–water partition coefficient (Wildman–Crippen LogP) is 5.47. The van der Waals surface area contributed by atoms with Gasteiger partial charge in [0.1, 0.15) is 5.56 Å². The molecule has 1 heterocycles. The lowest BCUT2D eigenvalue weighted by Crippen LogP contribution is -2.23. The van der Waals surface area contributed by atoms with Gasteiger partial charge >= 0.3 is 12.4 Å². The predicted molar refractivity (Wildman–Crippen MR) is 92.7 cm³/mol. The van der Waals surface area contributed by atoms with E-state index in [1.165, 1.54) is 30.3 Å². The van der Waals surface area contributed by atoms with Gasteiger partial charge in [-0.25, -0.2) is 4.68 Å². The molecule has 10 heteroatoms. The van der Waals surface area contributed by atoms with Crippen LogP contribution in [-0.4, -0.2) is 15.7 Å². The minimum absolute atomic E-state index is 0.0891. The first kappa shape index (κ1) is 20.4. The zero-order chi connectivity index (χ0) is 21.4. The van der Waals surface area contributed by atoms with Gasteiger partial charge in [0.15, 0.2) is 11.4 Å². The third-order valence-electron chi connectivity index (χ3n) is 4.04. The number of hydrogen-bond donors (Lipinski definition) is 1. The Labute approximate surface area is 160 Å². The number of amides is 1. The summed E-state index contributed by atoms with van der Waals surface area (Å²) in [6.07, 6.45) is -10.6. The van der Waals surface area contributed by atoms with Gasteiger partial charge in [-0.05, 0) is 30.7 Å². The van der Waals surface area contributed by atoms with E-state index in [0.29, 0.717) is 5.56 Å². The highest BCUT2D eigenvalue weighted by Crippen LogP contribution is 2.40. The van der Waals surface area contributed by atoms with Crippen molar-refractivity contribution >= 4 is 11.6 Å². The average molecular weight is 413 g/mol. The highest BCUT2D eigenvalue weighted by atomic mass is 19.4. The summed E-state index contributed by atoms with van der Waals surface area (Å²) in [5.74, 6) is -1.55. The second kappa shape index (κ2) is 7.26. The molecule has 0 fully saturated rings. The topological polar surface area (TPSA) is 46.9 Å². The van der Waals surface area contributed by atoms with E-state index in [1.54, 1.807) is 19.1 Å². The minimum Gasteiger partial charge on any atom is -0.322 e. The molecule has 0 aliphatic rings. The number of aryl methyl sites for hydroxylation is 1. The Morgan fingerprint density at radius 1 is 0.897 bits per heavy atom. The van der Waals surface area contributed by atoms with Gasteiger partial charge in [-0.15, -0.1) is 0 Å². The van der Waals surface area contributed by atoms with E-state index in [0.717, 1.165) is 12.1 Å². The molecule has 3 rings (SSSR count). The van der Waals surface area contributed by atoms with E-state index in [2.05, 4.69) is 10.4 Å². The summed E-state index contributed by atoms with van der Waals surface area (Å²) in [6, 6.07) is 12.5. The minimum atomic E-state index is -5.28. The van der Waals surface area contributed by atoms with Crippen molar-refractivity contribution in [2.75, 3.05) is 5.32 Å². The normalized spacial score (nSPS) is 12.1. The number of nitrogens with zero attached hydrogens (tertiary/aromatic N) is 2. The maximum atomic E-state index is 13.8. The van der Waals surface area contributed by atoms with Gasteiger partial charge in [-0.1, -0.05) is 36.4 Å². The van der Waals surface area contributed by atoms with E-state index in [9.17, 15) is 31.1 Å². The standard InChI is InChI=1S/C19H13F6N3O/c1-11-7-5-6-10-13(11)26-17(29)14-15(18(20,21)22)27-28(16(14)19(23,24)25)12-8-3-2-4-9-12/h2-10H,1H3,(H,26,29). The zero-order valence-electron chi connectivity index (χ0n) is 14.8. The quantitative estimate of drug-likeness (QED) is 0.579. The summed E-state index contributed by atoms with van der Waals surface area (Å²) < 4.78 is 81.9. The van der Waals surface area contributed by atoms with Crippen molar-refractivity contribution in [3.05, 3.63) is 77.1 Å². The summed E-state index contributed by atoms with van der Waals surface area (Å²) in [7, 11) is 0. The first-order chi connectivity index (χ1) is 13.5. The summed E-state index contributed by atoms with van der Waals surface area (Å²) >= 11 is 0. The number of nitrogens with one attached hydrogen (secondary N) is 1. The maximum Gasteiger partial charge on any atom is 0.436 e. The number of benzene rings is 2. The molecule has 0 aliphatic carbocycles. The van der Waals surface area contributed by atoms with E-state index in [-0.39, 0.29) is 16.1 Å².